The predicted octanol–water partition coefficient (Wildman–Crippen LogP) is 2.71. The van der Waals surface area contributed by atoms with E-state index in [1.807, 2.05) is 59.1 Å². The second-order valence-corrected chi connectivity index (χ2v) is 7.10. The fourth-order valence-corrected chi connectivity index (χ4v) is 3.64. The van der Waals surface area contributed by atoms with Crippen LogP contribution in [0.1, 0.15) is 37.2 Å². The van der Waals surface area contributed by atoms with E-state index in [-0.39, 0.29) is 18.6 Å². The number of likely N-dealkylation sites (tertiary alicyclic amines) is 1. The molecule has 8 heteroatoms. The van der Waals surface area contributed by atoms with Gasteiger partial charge in [0.15, 0.2) is 11.5 Å². The number of carbonyl (C=O) groups excluding carboxylic acids is 2. The van der Waals surface area contributed by atoms with Crippen LogP contribution in [0, 0.1) is 0 Å². The van der Waals surface area contributed by atoms with Crippen molar-refractivity contribution < 1.29 is 14.3 Å². The van der Waals surface area contributed by atoms with E-state index in [2.05, 4.69) is 15.5 Å². The topological polar surface area (TPSA) is 88.8 Å². The van der Waals surface area contributed by atoms with Gasteiger partial charge in [-0.05, 0) is 37.5 Å². The number of alkyl carbamates (subject to hydrolysis) is 1. The Kier molecular flexibility index (Phi) is 5.41. The number of nitrogens with zero attached hydrogens (tertiary/aromatic N) is 4. The lowest BCUT2D eigenvalue weighted by atomic mass is 10.2. The maximum absolute atomic E-state index is 13.0. The highest BCUT2D eigenvalue weighted by atomic mass is 16.5. The van der Waals surface area contributed by atoms with Crippen LogP contribution >= 0.6 is 0 Å². The molecule has 2 aromatic heterocycles. The van der Waals surface area contributed by atoms with Crippen molar-refractivity contribution in [3.05, 3.63) is 66.1 Å². The number of amides is 2. The summed E-state index contributed by atoms with van der Waals surface area (Å²) in [7, 11) is 0. The Morgan fingerprint density at radius 1 is 1.17 bits per heavy atom. The predicted molar refractivity (Wildman–Crippen MR) is 106 cm³/mol. The van der Waals surface area contributed by atoms with Crippen LogP contribution in [0.15, 0.2) is 54.7 Å². The highest BCUT2D eigenvalue weighted by Gasteiger charge is 2.35. The van der Waals surface area contributed by atoms with Crippen LogP contribution in [0.4, 0.5) is 4.79 Å². The molecule has 3 heterocycles. The second kappa shape index (κ2) is 8.30. The van der Waals surface area contributed by atoms with Crippen molar-refractivity contribution in [1.82, 2.24) is 24.8 Å². The molecule has 2 amide bonds. The molecular weight excluding hydrogens is 370 g/mol. The Morgan fingerprint density at radius 2 is 1.97 bits per heavy atom. The van der Waals surface area contributed by atoms with E-state index in [1.54, 1.807) is 11.8 Å². The van der Waals surface area contributed by atoms with Gasteiger partial charge in [-0.1, -0.05) is 36.4 Å². The molecule has 1 aliphatic rings. The zero-order chi connectivity index (χ0) is 20.2. The number of carbonyl (C=O) groups is 2. The van der Waals surface area contributed by atoms with Gasteiger partial charge in [-0.25, -0.2) is 4.79 Å². The first-order chi connectivity index (χ1) is 14.1. The number of hydrogen-bond acceptors (Lipinski definition) is 5. The first-order valence-corrected chi connectivity index (χ1v) is 9.71. The molecule has 0 saturated carbocycles. The first kappa shape index (κ1) is 18.9. The van der Waals surface area contributed by atoms with E-state index in [9.17, 15) is 9.59 Å². The van der Waals surface area contributed by atoms with Gasteiger partial charge < -0.3 is 15.0 Å². The van der Waals surface area contributed by atoms with E-state index < -0.39 is 12.1 Å². The number of rotatable bonds is 5. The first-order valence-electron chi connectivity index (χ1n) is 9.71. The molecule has 0 spiro atoms. The van der Waals surface area contributed by atoms with Gasteiger partial charge >= 0.3 is 6.09 Å². The normalized spacial score (nSPS) is 17.3. The Morgan fingerprint density at radius 3 is 2.79 bits per heavy atom. The highest BCUT2D eigenvalue weighted by molar-refractivity contribution is 5.85. The number of pyridine rings is 1. The van der Waals surface area contributed by atoms with Crippen LogP contribution in [0.25, 0.3) is 5.65 Å². The van der Waals surface area contributed by atoms with Crippen LogP contribution < -0.4 is 5.32 Å². The van der Waals surface area contributed by atoms with E-state index in [0.717, 1.165) is 29.9 Å². The van der Waals surface area contributed by atoms with Gasteiger partial charge in [-0.2, -0.15) is 0 Å². The van der Waals surface area contributed by atoms with Gasteiger partial charge in [0, 0.05) is 12.7 Å². The minimum atomic E-state index is -0.696. The Bertz CT molecular complexity index is 1000. The van der Waals surface area contributed by atoms with Crippen LogP contribution in [0.3, 0.4) is 0 Å². The zero-order valence-corrected chi connectivity index (χ0v) is 16.2. The molecule has 0 unspecified atom stereocenters. The van der Waals surface area contributed by atoms with Gasteiger partial charge in [0.25, 0.3) is 0 Å². The lowest BCUT2D eigenvalue weighted by Crippen LogP contribution is -2.47. The maximum Gasteiger partial charge on any atom is 0.408 e. The summed E-state index contributed by atoms with van der Waals surface area (Å²) in [6.45, 7) is 2.45. The number of benzene rings is 1. The molecule has 150 valence electrons. The smallest absolute Gasteiger partial charge is 0.408 e. The SMILES string of the molecule is C[C@@H](NC(=O)OCc1ccccc1)C(=O)N1CCC[C@H]1c1nnc2ccccn12. The molecule has 3 aromatic rings. The zero-order valence-electron chi connectivity index (χ0n) is 16.2. The maximum atomic E-state index is 13.0. The molecule has 29 heavy (non-hydrogen) atoms. The average molecular weight is 393 g/mol. The number of aromatic nitrogens is 3. The van der Waals surface area contributed by atoms with E-state index in [0.29, 0.717) is 6.54 Å². The molecule has 8 nitrogen and oxygen atoms in total. The summed E-state index contributed by atoms with van der Waals surface area (Å²) >= 11 is 0. The minimum absolute atomic E-state index is 0.156. The third kappa shape index (κ3) is 4.06. The quantitative estimate of drug-likeness (QED) is 0.720. The van der Waals surface area contributed by atoms with Gasteiger partial charge in [0.05, 0.1) is 6.04 Å². The third-order valence-corrected chi connectivity index (χ3v) is 5.09. The van der Waals surface area contributed by atoms with E-state index >= 15 is 0 Å². The number of nitrogens with one attached hydrogen (secondary N) is 1. The molecule has 0 bridgehead atoms. The number of hydrogen-bond donors (Lipinski definition) is 1. The molecule has 1 saturated heterocycles. The minimum Gasteiger partial charge on any atom is -0.445 e. The summed E-state index contributed by atoms with van der Waals surface area (Å²) in [4.78, 5) is 26.9. The second-order valence-electron chi connectivity index (χ2n) is 7.10. The summed E-state index contributed by atoms with van der Waals surface area (Å²) in [5, 5.41) is 11.1. The molecular formula is C21H23N5O3. The van der Waals surface area contributed by atoms with Crippen LogP contribution in [0.2, 0.25) is 0 Å². The lowest BCUT2D eigenvalue weighted by Gasteiger charge is -2.26. The van der Waals surface area contributed by atoms with Crippen molar-refractivity contribution in [2.45, 2.75) is 38.5 Å². The molecule has 1 fully saturated rings. The van der Waals surface area contributed by atoms with E-state index in [4.69, 9.17) is 4.74 Å². The van der Waals surface area contributed by atoms with Gasteiger partial charge in [0.1, 0.15) is 12.6 Å². The highest BCUT2D eigenvalue weighted by Crippen LogP contribution is 2.31. The lowest BCUT2D eigenvalue weighted by molar-refractivity contribution is -0.134. The Labute approximate surface area is 168 Å². The fraction of sp³-hybridized carbons (Fsp3) is 0.333. The standard InChI is InChI=1S/C21H23N5O3/c1-15(22-21(28)29-14-16-8-3-2-4-9-16)20(27)25-13-7-10-17(25)19-24-23-18-11-5-6-12-26(18)19/h2-6,8-9,11-12,15,17H,7,10,13-14H2,1H3,(H,22,28)/t15-,17+/m1/s1. The Balaban J connectivity index is 1.39. The van der Waals surface area contributed by atoms with Gasteiger partial charge in [-0.15, -0.1) is 10.2 Å². The van der Waals surface area contributed by atoms with Crippen molar-refractivity contribution in [3.8, 4) is 0 Å². The van der Waals surface area contributed by atoms with Crippen LogP contribution in [-0.4, -0.2) is 44.1 Å². The summed E-state index contributed by atoms with van der Waals surface area (Å²) in [6.07, 6.45) is 2.97. The van der Waals surface area contributed by atoms with Crippen molar-refractivity contribution in [3.63, 3.8) is 0 Å². The van der Waals surface area contributed by atoms with Gasteiger partial charge in [-0.3, -0.25) is 9.20 Å². The molecule has 0 aliphatic carbocycles. The number of fused-ring (bicyclic) bond motifs is 1. The van der Waals surface area contributed by atoms with Crippen molar-refractivity contribution in [2.24, 2.45) is 0 Å². The molecule has 2 atom stereocenters. The average Bonchev–Trinajstić information content (AvgIpc) is 3.39. The van der Waals surface area contributed by atoms with Gasteiger partial charge in [0.2, 0.25) is 5.91 Å². The van der Waals surface area contributed by atoms with Crippen LogP contribution in [-0.2, 0) is 16.1 Å². The van der Waals surface area contributed by atoms with E-state index in [1.165, 1.54) is 0 Å². The Hall–Kier alpha value is -3.42. The monoisotopic (exact) mass is 393 g/mol. The summed E-state index contributed by atoms with van der Waals surface area (Å²) in [6, 6.07) is 14.2. The largest absolute Gasteiger partial charge is 0.445 e. The molecule has 1 N–H and O–H groups in total. The van der Waals surface area contributed by atoms with Crippen molar-refractivity contribution in [1.29, 1.82) is 0 Å². The fourth-order valence-electron chi connectivity index (χ4n) is 3.64. The molecule has 4 rings (SSSR count). The van der Waals surface area contributed by atoms with Crippen LogP contribution in [0.5, 0.6) is 0 Å². The summed E-state index contributed by atoms with van der Waals surface area (Å²) in [5.41, 5.74) is 1.64. The third-order valence-electron chi connectivity index (χ3n) is 5.09. The summed E-state index contributed by atoms with van der Waals surface area (Å²) < 4.78 is 7.13. The van der Waals surface area contributed by atoms with Crippen molar-refractivity contribution in [2.75, 3.05) is 6.54 Å². The molecule has 1 aliphatic heterocycles. The molecule has 1 aromatic carbocycles. The summed E-state index contributed by atoms with van der Waals surface area (Å²) in [5.74, 6) is 0.585. The molecule has 0 radical (unpaired) electrons. The number of ether oxygens (including phenoxy) is 1. The van der Waals surface area contributed by atoms with Crippen molar-refractivity contribution >= 4 is 17.6 Å².